The van der Waals surface area contributed by atoms with Crippen LogP contribution in [0.15, 0.2) is 54.1 Å². The van der Waals surface area contributed by atoms with Gasteiger partial charge in [0.2, 0.25) is 0 Å². The fourth-order valence-electron chi connectivity index (χ4n) is 7.91. The van der Waals surface area contributed by atoms with Gasteiger partial charge in [0.05, 0.1) is 12.2 Å². The zero-order valence-electron chi connectivity index (χ0n) is 18.0. The number of fused-ring (bicyclic) bond motifs is 5. The van der Waals surface area contributed by atoms with E-state index in [1.165, 1.54) is 11.1 Å². The first-order valence-electron chi connectivity index (χ1n) is 11.8. The zero-order valence-corrected chi connectivity index (χ0v) is 18.0. The number of hydrogen-bond donors (Lipinski definition) is 2. The average Bonchev–Trinajstić information content (AvgIpc) is 3.02. The predicted molar refractivity (Wildman–Crippen MR) is 118 cm³/mol. The van der Waals surface area contributed by atoms with E-state index in [2.05, 4.69) is 37.3 Å². The Morgan fingerprint density at radius 2 is 1.90 bits per heavy atom. The van der Waals surface area contributed by atoms with Gasteiger partial charge < -0.3 is 10.2 Å². The minimum atomic E-state index is -0.850. The molecule has 0 radical (unpaired) electrons. The average molecular weight is 407 g/mol. The van der Waals surface area contributed by atoms with Gasteiger partial charge in [0, 0.05) is 11.8 Å². The molecule has 1 aromatic carbocycles. The van der Waals surface area contributed by atoms with Crippen LogP contribution >= 0.6 is 0 Å². The van der Waals surface area contributed by atoms with Crippen molar-refractivity contribution in [3.63, 3.8) is 0 Å². The third-order valence-electron chi connectivity index (χ3n) is 9.25. The molecule has 5 rings (SSSR count). The highest BCUT2D eigenvalue weighted by Gasteiger charge is 2.63. The van der Waals surface area contributed by atoms with Gasteiger partial charge in [-0.3, -0.25) is 4.79 Å². The lowest BCUT2D eigenvalue weighted by atomic mass is 9.46. The molecule has 2 N–H and O–H groups in total. The first-order chi connectivity index (χ1) is 14.5. The number of benzene rings is 1. The van der Waals surface area contributed by atoms with Gasteiger partial charge in [-0.25, -0.2) is 0 Å². The van der Waals surface area contributed by atoms with Gasteiger partial charge >= 0.3 is 0 Å². The van der Waals surface area contributed by atoms with E-state index in [4.69, 9.17) is 0 Å². The summed E-state index contributed by atoms with van der Waals surface area (Å²) in [6.07, 6.45) is 12.2. The molecule has 7 atom stereocenters. The molecule has 0 heterocycles. The number of hydrogen-bond acceptors (Lipinski definition) is 3. The van der Waals surface area contributed by atoms with Crippen molar-refractivity contribution in [3.8, 4) is 0 Å². The summed E-state index contributed by atoms with van der Waals surface area (Å²) in [5, 5.41) is 21.1. The van der Waals surface area contributed by atoms with E-state index in [0.717, 1.165) is 38.5 Å². The Labute approximate surface area is 179 Å². The smallest absolute Gasteiger partial charge is 0.155 e. The third-order valence-corrected chi connectivity index (χ3v) is 9.25. The molecular formula is C27H34O3. The molecule has 0 bridgehead atoms. The van der Waals surface area contributed by atoms with E-state index in [-0.39, 0.29) is 12.0 Å². The van der Waals surface area contributed by atoms with Crippen molar-refractivity contribution in [2.45, 2.75) is 63.4 Å². The summed E-state index contributed by atoms with van der Waals surface area (Å²) >= 11 is 0. The molecule has 4 aliphatic rings. The summed E-state index contributed by atoms with van der Waals surface area (Å²) in [6, 6.07) is 10.9. The molecule has 3 heteroatoms. The minimum absolute atomic E-state index is 0.0263. The summed E-state index contributed by atoms with van der Waals surface area (Å²) in [4.78, 5) is 12.1. The van der Waals surface area contributed by atoms with E-state index in [1.807, 2.05) is 12.2 Å². The molecule has 0 aromatic heterocycles. The van der Waals surface area contributed by atoms with Crippen LogP contribution in [0.25, 0.3) is 0 Å². The molecule has 0 saturated heterocycles. The molecule has 3 saturated carbocycles. The lowest BCUT2D eigenvalue weighted by Gasteiger charge is -2.58. The maximum absolute atomic E-state index is 12.1. The number of rotatable bonds is 3. The second-order valence-corrected chi connectivity index (χ2v) is 10.4. The Kier molecular flexibility index (Phi) is 5.02. The maximum Gasteiger partial charge on any atom is 0.155 e. The lowest BCUT2D eigenvalue weighted by Crippen LogP contribution is -2.54. The summed E-state index contributed by atoms with van der Waals surface area (Å²) < 4.78 is 0. The standard InChI is InChI=1S/C27H34O3/c1-26-17-23(18-6-3-2-4-7-18)25-21-11-9-20(29)16-19(21)8-10-22(25)24(26)12-14-27(26,30)13-5-15-28/h2-7,13,16,21-25,28,30H,8-12,14-15,17H2,1H3/b13-5-/t21-,22-,23+,24-,25+,26-,27-/m0/s1. The first-order valence-corrected chi connectivity index (χ1v) is 11.8. The summed E-state index contributed by atoms with van der Waals surface area (Å²) in [5.74, 6) is 2.85. The normalized spacial score (nSPS) is 43.1. The molecule has 3 fully saturated rings. The van der Waals surface area contributed by atoms with E-state index in [9.17, 15) is 15.0 Å². The Bertz CT molecular complexity index is 871. The van der Waals surface area contributed by atoms with Crippen molar-refractivity contribution in [3.05, 3.63) is 59.7 Å². The molecule has 160 valence electrons. The van der Waals surface area contributed by atoms with Crippen LogP contribution in [-0.2, 0) is 4.79 Å². The number of carbonyl (C=O) groups is 1. The van der Waals surface area contributed by atoms with Gasteiger partial charge in [0.25, 0.3) is 0 Å². The Hall–Kier alpha value is -1.71. The summed E-state index contributed by atoms with van der Waals surface area (Å²) in [7, 11) is 0. The Morgan fingerprint density at radius 3 is 2.67 bits per heavy atom. The number of ketones is 1. The van der Waals surface area contributed by atoms with Gasteiger partial charge in [-0.05, 0) is 79.8 Å². The van der Waals surface area contributed by atoms with Crippen molar-refractivity contribution in [1.82, 2.24) is 0 Å². The predicted octanol–water partition coefficient (Wildman–Crippen LogP) is 4.80. The van der Waals surface area contributed by atoms with Gasteiger partial charge in [-0.1, -0.05) is 55.0 Å². The molecule has 4 aliphatic carbocycles. The molecule has 0 spiro atoms. The first kappa shape index (κ1) is 20.2. The third kappa shape index (κ3) is 2.97. The fraction of sp³-hybridized carbons (Fsp3) is 0.593. The van der Waals surface area contributed by atoms with Crippen LogP contribution in [0.4, 0.5) is 0 Å². The Balaban J connectivity index is 1.60. The molecule has 0 unspecified atom stereocenters. The van der Waals surface area contributed by atoms with E-state index in [0.29, 0.717) is 41.8 Å². The van der Waals surface area contributed by atoms with Crippen LogP contribution in [0.5, 0.6) is 0 Å². The maximum atomic E-state index is 12.1. The summed E-state index contributed by atoms with van der Waals surface area (Å²) in [6.45, 7) is 2.27. The number of carbonyl (C=O) groups excluding carboxylic acids is 1. The SMILES string of the molecule is C[C@]12C[C@H](c3ccccc3)[C@H]3[C@@H](CCC4=CC(=O)CC[C@@H]43)[C@@H]1CC[C@@]2(O)/C=C\CO. The van der Waals surface area contributed by atoms with Gasteiger partial charge in [0.15, 0.2) is 5.78 Å². The van der Waals surface area contributed by atoms with Crippen molar-refractivity contribution in [2.75, 3.05) is 6.61 Å². The van der Waals surface area contributed by atoms with Gasteiger partial charge in [-0.2, -0.15) is 0 Å². The van der Waals surface area contributed by atoms with Crippen LogP contribution < -0.4 is 0 Å². The number of aliphatic hydroxyl groups excluding tert-OH is 1. The monoisotopic (exact) mass is 406 g/mol. The second-order valence-electron chi connectivity index (χ2n) is 10.4. The minimum Gasteiger partial charge on any atom is -0.392 e. The highest BCUT2D eigenvalue weighted by atomic mass is 16.3. The number of aliphatic hydroxyl groups is 2. The molecule has 1 aromatic rings. The Morgan fingerprint density at radius 1 is 1.10 bits per heavy atom. The van der Waals surface area contributed by atoms with Gasteiger partial charge in [0.1, 0.15) is 0 Å². The van der Waals surface area contributed by atoms with Crippen molar-refractivity contribution >= 4 is 5.78 Å². The molecule has 3 nitrogen and oxygen atoms in total. The largest absolute Gasteiger partial charge is 0.392 e. The van der Waals surface area contributed by atoms with Crippen LogP contribution in [0, 0.1) is 29.1 Å². The van der Waals surface area contributed by atoms with E-state index < -0.39 is 5.60 Å². The van der Waals surface area contributed by atoms with Crippen LogP contribution in [0.1, 0.15) is 63.4 Å². The van der Waals surface area contributed by atoms with Crippen molar-refractivity contribution in [1.29, 1.82) is 0 Å². The zero-order chi connectivity index (χ0) is 20.9. The number of allylic oxidation sites excluding steroid dienone is 1. The van der Waals surface area contributed by atoms with Crippen molar-refractivity contribution in [2.24, 2.45) is 29.1 Å². The quantitative estimate of drug-likeness (QED) is 0.709. The molecule has 30 heavy (non-hydrogen) atoms. The lowest BCUT2D eigenvalue weighted by molar-refractivity contribution is -0.117. The van der Waals surface area contributed by atoms with E-state index in [1.54, 1.807) is 6.08 Å². The molecule has 0 amide bonds. The topological polar surface area (TPSA) is 57.5 Å². The van der Waals surface area contributed by atoms with Crippen LogP contribution in [0.2, 0.25) is 0 Å². The van der Waals surface area contributed by atoms with Crippen LogP contribution in [0.3, 0.4) is 0 Å². The van der Waals surface area contributed by atoms with Crippen molar-refractivity contribution < 1.29 is 15.0 Å². The molecule has 0 aliphatic heterocycles. The summed E-state index contributed by atoms with van der Waals surface area (Å²) in [5.41, 5.74) is 1.74. The fourth-order valence-corrected chi connectivity index (χ4v) is 7.91. The van der Waals surface area contributed by atoms with Gasteiger partial charge in [-0.15, -0.1) is 0 Å². The van der Waals surface area contributed by atoms with Crippen LogP contribution in [-0.4, -0.2) is 28.2 Å². The highest BCUT2D eigenvalue weighted by Crippen LogP contribution is 2.68. The highest BCUT2D eigenvalue weighted by molar-refractivity contribution is 5.91. The molecular weight excluding hydrogens is 372 g/mol. The van der Waals surface area contributed by atoms with E-state index >= 15 is 0 Å². The second kappa shape index (κ2) is 7.46.